The summed E-state index contributed by atoms with van der Waals surface area (Å²) in [6.07, 6.45) is 8.19. The summed E-state index contributed by atoms with van der Waals surface area (Å²) in [6, 6.07) is 10.5. The SMILES string of the molecule is C=CCN(C(=O)CN(CC)C1CCCCC1)c1ccccc1. The second-order valence-electron chi connectivity index (χ2n) is 5.98. The number of carbonyl (C=O) groups excluding carboxylic acids is 1. The van der Waals surface area contributed by atoms with Crippen molar-refractivity contribution in [1.29, 1.82) is 0 Å². The van der Waals surface area contributed by atoms with Gasteiger partial charge in [-0.25, -0.2) is 0 Å². The predicted octanol–water partition coefficient (Wildman–Crippen LogP) is 3.86. The number of amides is 1. The molecule has 0 radical (unpaired) electrons. The fourth-order valence-corrected chi connectivity index (χ4v) is 3.29. The van der Waals surface area contributed by atoms with E-state index in [1.807, 2.05) is 35.2 Å². The molecule has 1 aromatic rings. The summed E-state index contributed by atoms with van der Waals surface area (Å²) in [6.45, 7) is 7.95. The Labute approximate surface area is 134 Å². The molecule has 1 amide bonds. The molecule has 0 atom stereocenters. The maximum atomic E-state index is 12.8. The van der Waals surface area contributed by atoms with Crippen LogP contribution in [0.5, 0.6) is 0 Å². The molecule has 3 heteroatoms. The van der Waals surface area contributed by atoms with Crippen molar-refractivity contribution in [1.82, 2.24) is 4.90 Å². The van der Waals surface area contributed by atoms with Gasteiger partial charge in [0.05, 0.1) is 6.54 Å². The van der Waals surface area contributed by atoms with Crippen LogP contribution in [0.3, 0.4) is 0 Å². The Hall–Kier alpha value is -1.61. The summed E-state index contributed by atoms with van der Waals surface area (Å²) in [4.78, 5) is 17.0. The minimum Gasteiger partial charge on any atom is -0.308 e. The van der Waals surface area contributed by atoms with Gasteiger partial charge in [-0.05, 0) is 31.5 Å². The topological polar surface area (TPSA) is 23.6 Å². The van der Waals surface area contributed by atoms with Gasteiger partial charge in [0.25, 0.3) is 0 Å². The highest BCUT2D eigenvalue weighted by Gasteiger charge is 2.24. The first-order valence-corrected chi connectivity index (χ1v) is 8.46. The zero-order chi connectivity index (χ0) is 15.8. The van der Waals surface area contributed by atoms with Crippen LogP contribution in [0, 0.1) is 0 Å². The van der Waals surface area contributed by atoms with Crippen molar-refractivity contribution in [3.05, 3.63) is 43.0 Å². The molecule has 0 aromatic heterocycles. The fraction of sp³-hybridized carbons (Fsp3) is 0.526. The van der Waals surface area contributed by atoms with Gasteiger partial charge in [0.1, 0.15) is 0 Å². The quantitative estimate of drug-likeness (QED) is 0.714. The maximum absolute atomic E-state index is 12.8. The minimum absolute atomic E-state index is 0.165. The normalized spacial score (nSPS) is 15.7. The van der Waals surface area contributed by atoms with E-state index in [1.54, 1.807) is 6.08 Å². The summed E-state index contributed by atoms with van der Waals surface area (Å²) in [7, 11) is 0. The molecular formula is C19H28N2O. The second kappa shape index (κ2) is 8.74. The van der Waals surface area contributed by atoms with E-state index in [9.17, 15) is 4.79 Å². The van der Waals surface area contributed by atoms with Gasteiger partial charge in [0.2, 0.25) is 5.91 Å². The van der Waals surface area contributed by atoms with E-state index >= 15 is 0 Å². The number of benzene rings is 1. The Morgan fingerprint density at radius 2 is 1.91 bits per heavy atom. The third-order valence-electron chi connectivity index (χ3n) is 4.52. The van der Waals surface area contributed by atoms with Gasteiger partial charge in [0.15, 0.2) is 0 Å². The minimum atomic E-state index is 0.165. The van der Waals surface area contributed by atoms with Crippen molar-refractivity contribution < 1.29 is 4.79 Å². The van der Waals surface area contributed by atoms with E-state index in [-0.39, 0.29) is 5.91 Å². The van der Waals surface area contributed by atoms with Gasteiger partial charge < -0.3 is 4.90 Å². The third kappa shape index (κ3) is 4.44. The summed E-state index contributed by atoms with van der Waals surface area (Å²) >= 11 is 0. The second-order valence-corrected chi connectivity index (χ2v) is 5.98. The third-order valence-corrected chi connectivity index (χ3v) is 4.52. The van der Waals surface area contributed by atoms with Crippen LogP contribution in [0.2, 0.25) is 0 Å². The van der Waals surface area contributed by atoms with E-state index < -0.39 is 0 Å². The monoisotopic (exact) mass is 300 g/mol. The first-order valence-electron chi connectivity index (χ1n) is 8.46. The molecule has 0 aliphatic heterocycles. The number of rotatable bonds is 7. The van der Waals surface area contributed by atoms with Gasteiger partial charge >= 0.3 is 0 Å². The molecule has 1 aromatic carbocycles. The van der Waals surface area contributed by atoms with Crippen LogP contribution in [0.15, 0.2) is 43.0 Å². The van der Waals surface area contributed by atoms with E-state index in [0.29, 0.717) is 19.1 Å². The molecular weight excluding hydrogens is 272 g/mol. The Morgan fingerprint density at radius 1 is 1.23 bits per heavy atom. The molecule has 1 aliphatic rings. The van der Waals surface area contributed by atoms with Crippen molar-refractivity contribution in [3.63, 3.8) is 0 Å². The highest BCUT2D eigenvalue weighted by atomic mass is 16.2. The summed E-state index contributed by atoms with van der Waals surface area (Å²) in [5.41, 5.74) is 0.951. The zero-order valence-electron chi connectivity index (χ0n) is 13.7. The number of hydrogen-bond acceptors (Lipinski definition) is 2. The number of likely N-dealkylation sites (N-methyl/N-ethyl adjacent to an activating group) is 1. The van der Waals surface area contributed by atoms with Crippen molar-refractivity contribution in [2.75, 3.05) is 24.5 Å². The molecule has 0 heterocycles. The summed E-state index contributed by atoms with van der Waals surface area (Å²) in [5, 5.41) is 0. The van der Waals surface area contributed by atoms with Crippen LogP contribution in [-0.4, -0.2) is 36.5 Å². The van der Waals surface area contributed by atoms with E-state index in [4.69, 9.17) is 0 Å². The molecule has 0 unspecified atom stereocenters. The molecule has 120 valence electrons. The number of nitrogens with zero attached hydrogens (tertiary/aromatic N) is 2. The van der Waals surface area contributed by atoms with Crippen molar-refractivity contribution >= 4 is 11.6 Å². The van der Waals surface area contributed by atoms with Gasteiger partial charge in [-0.1, -0.05) is 50.5 Å². The average molecular weight is 300 g/mol. The lowest BCUT2D eigenvalue weighted by Gasteiger charge is -2.34. The molecule has 3 nitrogen and oxygen atoms in total. The zero-order valence-corrected chi connectivity index (χ0v) is 13.7. The average Bonchev–Trinajstić information content (AvgIpc) is 2.59. The van der Waals surface area contributed by atoms with Crippen LogP contribution in [0.25, 0.3) is 0 Å². The molecule has 0 N–H and O–H groups in total. The largest absolute Gasteiger partial charge is 0.308 e. The Kier molecular flexibility index (Phi) is 6.66. The Balaban J connectivity index is 2.04. The van der Waals surface area contributed by atoms with E-state index in [0.717, 1.165) is 12.2 Å². The maximum Gasteiger partial charge on any atom is 0.241 e. The van der Waals surface area contributed by atoms with Crippen molar-refractivity contribution in [2.45, 2.75) is 45.1 Å². The molecule has 1 saturated carbocycles. The van der Waals surface area contributed by atoms with Gasteiger partial charge in [0, 0.05) is 18.3 Å². The Bertz CT molecular complexity index is 466. The lowest BCUT2D eigenvalue weighted by molar-refractivity contribution is -0.120. The number of para-hydroxylation sites is 1. The molecule has 22 heavy (non-hydrogen) atoms. The van der Waals surface area contributed by atoms with Gasteiger partial charge in [-0.2, -0.15) is 0 Å². The first-order chi connectivity index (χ1) is 10.8. The lowest BCUT2D eigenvalue weighted by Crippen LogP contribution is -2.45. The highest BCUT2D eigenvalue weighted by Crippen LogP contribution is 2.23. The Morgan fingerprint density at radius 3 is 2.50 bits per heavy atom. The lowest BCUT2D eigenvalue weighted by atomic mass is 9.94. The van der Waals surface area contributed by atoms with Crippen LogP contribution < -0.4 is 4.90 Å². The molecule has 0 saturated heterocycles. The van der Waals surface area contributed by atoms with Crippen LogP contribution in [0.4, 0.5) is 5.69 Å². The smallest absolute Gasteiger partial charge is 0.241 e. The predicted molar refractivity (Wildman–Crippen MR) is 93.1 cm³/mol. The molecule has 2 rings (SSSR count). The molecule has 1 aliphatic carbocycles. The molecule has 1 fully saturated rings. The van der Waals surface area contributed by atoms with Crippen LogP contribution in [0.1, 0.15) is 39.0 Å². The van der Waals surface area contributed by atoms with Gasteiger partial charge in [-0.15, -0.1) is 6.58 Å². The van der Waals surface area contributed by atoms with E-state index in [1.165, 1.54) is 32.1 Å². The summed E-state index contributed by atoms with van der Waals surface area (Å²) < 4.78 is 0. The van der Waals surface area contributed by atoms with Gasteiger partial charge in [-0.3, -0.25) is 9.69 Å². The summed E-state index contributed by atoms with van der Waals surface area (Å²) in [5.74, 6) is 0.165. The van der Waals surface area contributed by atoms with E-state index in [2.05, 4.69) is 18.4 Å². The number of anilines is 1. The number of hydrogen-bond donors (Lipinski definition) is 0. The molecule has 0 bridgehead atoms. The van der Waals surface area contributed by atoms with Crippen LogP contribution >= 0.6 is 0 Å². The van der Waals surface area contributed by atoms with Crippen molar-refractivity contribution in [3.8, 4) is 0 Å². The highest BCUT2D eigenvalue weighted by molar-refractivity contribution is 5.95. The van der Waals surface area contributed by atoms with Crippen LogP contribution in [-0.2, 0) is 4.79 Å². The first kappa shape index (κ1) is 16.8. The molecule has 0 spiro atoms. The standard InChI is InChI=1S/C19H28N2O/c1-3-15-21(18-13-9-6-10-14-18)19(22)16-20(4-2)17-11-7-5-8-12-17/h3,6,9-10,13-14,17H,1,4-5,7-8,11-12,15-16H2,2H3. The van der Waals surface area contributed by atoms with Crippen molar-refractivity contribution in [2.24, 2.45) is 0 Å². The number of carbonyl (C=O) groups is 1. The fourth-order valence-electron chi connectivity index (χ4n) is 3.29.